The maximum Gasteiger partial charge on any atom is 0.305 e. The standard InChI is InChI=1S/C22H40O2/c1-3-5-7-8-9-10-11-12-13-14-15-16-17-18-19-20-22(23)24-21-6-4-2/h11-14H,3-10,15-21H2,1-2H3/b12-11+,14-13+. The number of hydrogen-bond acceptors (Lipinski definition) is 2. The van der Waals surface area contributed by atoms with Crippen LogP contribution < -0.4 is 0 Å². The minimum Gasteiger partial charge on any atom is -0.466 e. The third-order valence-electron chi connectivity index (χ3n) is 4.12. The number of rotatable bonds is 17. The molecule has 2 nitrogen and oxygen atoms in total. The zero-order chi connectivity index (χ0) is 17.7. The van der Waals surface area contributed by atoms with Crippen molar-refractivity contribution in [3.63, 3.8) is 0 Å². The van der Waals surface area contributed by atoms with E-state index in [-0.39, 0.29) is 5.97 Å². The van der Waals surface area contributed by atoms with Crippen molar-refractivity contribution in [2.24, 2.45) is 0 Å². The lowest BCUT2D eigenvalue weighted by Crippen LogP contribution is -2.05. The van der Waals surface area contributed by atoms with E-state index in [9.17, 15) is 4.79 Å². The number of hydrogen-bond donors (Lipinski definition) is 0. The van der Waals surface area contributed by atoms with Crippen LogP contribution >= 0.6 is 0 Å². The number of ether oxygens (including phenoxy) is 1. The average Bonchev–Trinajstić information content (AvgIpc) is 2.58. The molecule has 0 rings (SSSR count). The van der Waals surface area contributed by atoms with Gasteiger partial charge in [0.1, 0.15) is 0 Å². The molecule has 2 heteroatoms. The Labute approximate surface area is 150 Å². The minimum absolute atomic E-state index is 0.0248. The molecule has 0 aliphatic rings. The van der Waals surface area contributed by atoms with E-state index >= 15 is 0 Å². The van der Waals surface area contributed by atoms with Crippen molar-refractivity contribution in [3.05, 3.63) is 24.3 Å². The first-order valence-electron chi connectivity index (χ1n) is 10.3. The molecule has 0 heterocycles. The molecule has 0 fully saturated rings. The van der Waals surface area contributed by atoms with Crippen molar-refractivity contribution < 1.29 is 9.53 Å². The first-order valence-corrected chi connectivity index (χ1v) is 10.3. The van der Waals surface area contributed by atoms with Gasteiger partial charge in [0.25, 0.3) is 0 Å². The van der Waals surface area contributed by atoms with Gasteiger partial charge in [-0.3, -0.25) is 4.79 Å². The summed E-state index contributed by atoms with van der Waals surface area (Å²) < 4.78 is 5.14. The third-order valence-corrected chi connectivity index (χ3v) is 4.12. The molecule has 0 radical (unpaired) electrons. The number of carbonyl (C=O) groups excluding carboxylic acids is 1. The van der Waals surface area contributed by atoms with E-state index in [4.69, 9.17) is 4.74 Å². The number of allylic oxidation sites excluding steroid dienone is 4. The van der Waals surface area contributed by atoms with Gasteiger partial charge in [-0.1, -0.05) is 83.1 Å². The summed E-state index contributed by atoms with van der Waals surface area (Å²) in [7, 11) is 0. The van der Waals surface area contributed by atoms with E-state index in [0.29, 0.717) is 13.0 Å². The lowest BCUT2D eigenvalue weighted by Gasteiger charge is -2.03. The average molecular weight is 337 g/mol. The van der Waals surface area contributed by atoms with Gasteiger partial charge in [-0.05, 0) is 38.5 Å². The summed E-state index contributed by atoms with van der Waals surface area (Å²) in [5.74, 6) is -0.0248. The van der Waals surface area contributed by atoms with Crippen LogP contribution in [0.1, 0.15) is 104 Å². The zero-order valence-corrected chi connectivity index (χ0v) is 16.2. The Balaban J connectivity index is 3.27. The number of unbranched alkanes of at least 4 members (excludes halogenated alkanes) is 10. The van der Waals surface area contributed by atoms with E-state index in [1.54, 1.807) is 0 Å². The lowest BCUT2D eigenvalue weighted by molar-refractivity contribution is -0.143. The molecule has 0 spiro atoms. The smallest absolute Gasteiger partial charge is 0.305 e. The van der Waals surface area contributed by atoms with E-state index in [1.807, 2.05) is 0 Å². The highest BCUT2D eigenvalue weighted by Crippen LogP contribution is 2.08. The summed E-state index contributed by atoms with van der Waals surface area (Å²) in [5, 5.41) is 0. The molecule has 0 bridgehead atoms. The van der Waals surface area contributed by atoms with Crippen LogP contribution in [-0.4, -0.2) is 12.6 Å². The Kier molecular flexibility index (Phi) is 19.1. The van der Waals surface area contributed by atoms with Crippen molar-refractivity contribution in [2.45, 2.75) is 104 Å². The van der Waals surface area contributed by atoms with E-state index in [2.05, 4.69) is 38.2 Å². The molecule has 0 aromatic heterocycles. The first-order chi connectivity index (χ1) is 11.8. The van der Waals surface area contributed by atoms with Crippen LogP contribution in [0, 0.1) is 0 Å². The highest BCUT2D eigenvalue weighted by molar-refractivity contribution is 5.69. The van der Waals surface area contributed by atoms with Gasteiger partial charge >= 0.3 is 5.97 Å². The predicted molar refractivity (Wildman–Crippen MR) is 105 cm³/mol. The first kappa shape index (κ1) is 22.9. The summed E-state index contributed by atoms with van der Waals surface area (Å²) in [6.07, 6.45) is 25.2. The third kappa shape index (κ3) is 19.0. The molecule has 0 N–H and O–H groups in total. The summed E-state index contributed by atoms with van der Waals surface area (Å²) in [6.45, 7) is 4.95. The van der Waals surface area contributed by atoms with Crippen LogP contribution in [0.5, 0.6) is 0 Å². The van der Waals surface area contributed by atoms with Crippen LogP contribution in [0.2, 0.25) is 0 Å². The van der Waals surface area contributed by atoms with Crippen LogP contribution in [0.25, 0.3) is 0 Å². The fourth-order valence-corrected chi connectivity index (χ4v) is 2.50. The summed E-state index contributed by atoms with van der Waals surface area (Å²) in [5.41, 5.74) is 0. The minimum atomic E-state index is -0.0248. The molecule has 0 saturated carbocycles. The molecule has 0 aliphatic heterocycles. The van der Waals surface area contributed by atoms with Gasteiger partial charge in [-0.15, -0.1) is 0 Å². The maximum atomic E-state index is 11.4. The molecule has 0 atom stereocenters. The molecular weight excluding hydrogens is 296 g/mol. The second-order valence-corrected chi connectivity index (χ2v) is 6.59. The maximum absolute atomic E-state index is 11.4. The van der Waals surface area contributed by atoms with Crippen LogP contribution in [0.3, 0.4) is 0 Å². The molecule has 0 aliphatic carbocycles. The fourth-order valence-electron chi connectivity index (χ4n) is 2.50. The van der Waals surface area contributed by atoms with Gasteiger partial charge in [-0.25, -0.2) is 0 Å². The molecule has 0 aromatic carbocycles. The van der Waals surface area contributed by atoms with Gasteiger partial charge in [0.2, 0.25) is 0 Å². The zero-order valence-electron chi connectivity index (χ0n) is 16.2. The van der Waals surface area contributed by atoms with Gasteiger partial charge < -0.3 is 4.74 Å². The lowest BCUT2D eigenvalue weighted by atomic mass is 10.1. The predicted octanol–water partition coefficient (Wildman–Crippen LogP) is 7.14. The Hall–Kier alpha value is -1.05. The summed E-state index contributed by atoms with van der Waals surface area (Å²) in [4.78, 5) is 11.4. The van der Waals surface area contributed by atoms with Gasteiger partial charge in [0.05, 0.1) is 6.61 Å². The van der Waals surface area contributed by atoms with Crippen molar-refractivity contribution in [2.75, 3.05) is 6.61 Å². The highest BCUT2D eigenvalue weighted by Gasteiger charge is 2.01. The summed E-state index contributed by atoms with van der Waals surface area (Å²) in [6, 6.07) is 0. The quantitative estimate of drug-likeness (QED) is 0.160. The van der Waals surface area contributed by atoms with Crippen LogP contribution in [0.4, 0.5) is 0 Å². The normalized spacial score (nSPS) is 11.6. The summed E-state index contributed by atoms with van der Waals surface area (Å²) >= 11 is 0. The van der Waals surface area contributed by atoms with Crippen LogP contribution in [-0.2, 0) is 9.53 Å². The second-order valence-electron chi connectivity index (χ2n) is 6.59. The molecule has 24 heavy (non-hydrogen) atoms. The Bertz CT molecular complexity index is 318. The largest absolute Gasteiger partial charge is 0.466 e. The fraction of sp³-hybridized carbons (Fsp3) is 0.773. The number of carbonyl (C=O) groups is 1. The SMILES string of the molecule is CCCCCCC/C=C/C=C/CCCCCCC(=O)OCCCC. The molecule has 0 unspecified atom stereocenters. The Morgan fingerprint density at radius 1 is 0.708 bits per heavy atom. The Morgan fingerprint density at radius 3 is 1.83 bits per heavy atom. The molecule has 0 saturated heterocycles. The highest BCUT2D eigenvalue weighted by atomic mass is 16.5. The van der Waals surface area contributed by atoms with Crippen molar-refractivity contribution in [3.8, 4) is 0 Å². The van der Waals surface area contributed by atoms with Crippen LogP contribution in [0.15, 0.2) is 24.3 Å². The number of esters is 1. The topological polar surface area (TPSA) is 26.3 Å². The second kappa shape index (κ2) is 20.0. The van der Waals surface area contributed by atoms with Gasteiger partial charge in [0, 0.05) is 6.42 Å². The molecule has 0 aromatic rings. The van der Waals surface area contributed by atoms with Gasteiger partial charge in [0.15, 0.2) is 0 Å². The van der Waals surface area contributed by atoms with E-state index in [1.165, 1.54) is 51.4 Å². The monoisotopic (exact) mass is 336 g/mol. The molecule has 0 amide bonds. The van der Waals surface area contributed by atoms with E-state index < -0.39 is 0 Å². The van der Waals surface area contributed by atoms with Crippen molar-refractivity contribution in [1.82, 2.24) is 0 Å². The van der Waals surface area contributed by atoms with Crippen molar-refractivity contribution in [1.29, 1.82) is 0 Å². The van der Waals surface area contributed by atoms with Gasteiger partial charge in [-0.2, -0.15) is 0 Å². The van der Waals surface area contributed by atoms with E-state index in [0.717, 1.165) is 32.1 Å². The molecular formula is C22H40O2. The molecule has 140 valence electrons. The van der Waals surface area contributed by atoms with Crippen molar-refractivity contribution >= 4 is 5.97 Å². The Morgan fingerprint density at radius 2 is 1.25 bits per heavy atom.